The second-order valence-corrected chi connectivity index (χ2v) is 23.8. The number of carbonyl (C=O) groups excluding carboxylic acids is 1. The van der Waals surface area contributed by atoms with Crippen LogP contribution < -0.4 is 10.2 Å². The van der Waals surface area contributed by atoms with E-state index >= 15 is 0 Å². The molecule has 0 saturated heterocycles. The number of amides is 1. The third kappa shape index (κ3) is 65.0. The van der Waals surface area contributed by atoms with Crippen molar-refractivity contribution < 1.29 is 32.9 Å². The summed E-state index contributed by atoms with van der Waals surface area (Å²) < 4.78 is 23.3. The summed E-state index contributed by atoms with van der Waals surface area (Å²) in [7, 11) is 1.19. The molecule has 0 fully saturated rings. The average Bonchev–Trinajstić information content (AvgIpc) is 3.49. The summed E-state index contributed by atoms with van der Waals surface area (Å²) in [5, 5.41) is 13.9. The zero-order valence-corrected chi connectivity index (χ0v) is 54.2. The molecule has 0 spiro atoms. The Hall–Kier alpha value is -4.40. The summed E-state index contributed by atoms with van der Waals surface area (Å²) >= 11 is 0. The lowest BCUT2D eigenvalue weighted by Crippen LogP contribution is -2.45. The Labute approximate surface area is 510 Å². The Morgan fingerprint density at radius 1 is 0.434 bits per heavy atom. The highest BCUT2D eigenvalue weighted by molar-refractivity contribution is 7.45. The molecular weight excluding hydrogens is 1040 g/mol. The van der Waals surface area contributed by atoms with Crippen molar-refractivity contribution in [2.75, 3.05) is 40.9 Å². The Morgan fingerprint density at radius 3 is 1.12 bits per heavy atom. The van der Waals surface area contributed by atoms with Gasteiger partial charge in [0, 0.05) is 6.42 Å². The molecule has 0 bridgehead atoms. The quantitative estimate of drug-likeness (QED) is 0.0272. The molecule has 2 N–H and O–H groups in total. The predicted octanol–water partition coefficient (Wildman–Crippen LogP) is 20.3. The van der Waals surface area contributed by atoms with Gasteiger partial charge >= 0.3 is 0 Å². The van der Waals surface area contributed by atoms with Crippen LogP contribution in [0.4, 0.5) is 0 Å². The minimum absolute atomic E-state index is 0.0243. The summed E-state index contributed by atoms with van der Waals surface area (Å²) in [5.74, 6) is -0.243. The number of unbranched alkanes of at least 4 members (excludes halogenated alkanes) is 16. The van der Waals surface area contributed by atoms with Crippen molar-refractivity contribution in [3.63, 3.8) is 0 Å². The van der Waals surface area contributed by atoms with Crippen molar-refractivity contribution in [3.05, 3.63) is 182 Å². The molecule has 0 radical (unpaired) electrons. The molecule has 0 heterocycles. The number of likely N-dealkylation sites (N-methyl/N-ethyl adjacent to an activating group) is 1. The fraction of sp³-hybridized carbons (Fsp3) is 0.581. The minimum Gasteiger partial charge on any atom is -0.756 e. The van der Waals surface area contributed by atoms with E-state index < -0.39 is 26.6 Å². The Kier molecular flexibility index (Phi) is 58.8. The maximum absolute atomic E-state index is 13.0. The van der Waals surface area contributed by atoms with Gasteiger partial charge in [-0.3, -0.25) is 9.36 Å². The van der Waals surface area contributed by atoms with Crippen molar-refractivity contribution >= 4 is 13.7 Å². The van der Waals surface area contributed by atoms with Crippen molar-refractivity contribution in [3.8, 4) is 0 Å². The van der Waals surface area contributed by atoms with Gasteiger partial charge < -0.3 is 28.8 Å². The van der Waals surface area contributed by atoms with E-state index in [2.05, 4.69) is 189 Å². The van der Waals surface area contributed by atoms with E-state index in [0.29, 0.717) is 23.9 Å². The van der Waals surface area contributed by atoms with E-state index in [9.17, 15) is 19.4 Å². The molecule has 8 nitrogen and oxygen atoms in total. The van der Waals surface area contributed by atoms with Crippen molar-refractivity contribution in [1.29, 1.82) is 0 Å². The number of nitrogens with one attached hydrogen (secondary N) is 1. The molecular formula is C74H121N2O6P. The third-order valence-electron chi connectivity index (χ3n) is 13.3. The van der Waals surface area contributed by atoms with Crippen LogP contribution in [0.5, 0.6) is 0 Å². The largest absolute Gasteiger partial charge is 0.756 e. The summed E-state index contributed by atoms with van der Waals surface area (Å²) in [6.07, 6.45) is 99.9. The van der Waals surface area contributed by atoms with Gasteiger partial charge in [-0.2, -0.15) is 0 Å². The first-order valence-corrected chi connectivity index (χ1v) is 34.1. The van der Waals surface area contributed by atoms with Crippen LogP contribution >= 0.6 is 7.82 Å². The molecule has 83 heavy (non-hydrogen) atoms. The zero-order valence-electron chi connectivity index (χ0n) is 53.3. The molecule has 9 heteroatoms. The van der Waals surface area contributed by atoms with Crippen LogP contribution in [-0.4, -0.2) is 68.5 Å². The van der Waals surface area contributed by atoms with Crippen LogP contribution in [0, 0.1) is 0 Å². The van der Waals surface area contributed by atoms with E-state index in [1.807, 2.05) is 27.2 Å². The lowest BCUT2D eigenvalue weighted by Gasteiger charge is -2.29. The summed E-state index contributed by atoms with van der Waals surface area (Å²) in [6, 6.07) is -0.938. The van der Waals surface area contributed by atoms with E-state index in [1.165, 1.54) is 70.6 Å². The Morgan fingerprint density at radius 2 is 0.747 bits per heavy atom. The summed E-state index contributed by atoms with van der Waals surface area (Å²) in [6.45, 7) is 4.46. The molecule has 0 aromatic carbocycles. The molecule has 0 aliphatic rings. The van der Waals surface area contributed by atoms with Gasteiger partial charge in [0.2, 0.25) is 5.91 Å². The van der Waals surface area contributed by atoms with Gasteiger partial charge in [0.15, 0.2) is 0 Å². The highest BCUT2D eigenvalue weighted by atomic mass is 31.2. The number of rotatable bonds is 57. The van der Waals surface area contributed by atoms with Gasteiger partial charge in [-0.25, -0.2) is 0 Å². The topological polar surface area (TPSA) is 108 Å². The minimum atomic E-state index is -4.63. The normalized spacial score (nSPS) is 14.9. The lowest BCUT2D eigenvalue weighted by molar-refractivity contribution is -0.870. The van der Waals surface area contributed by atoms with E-state index in [4.69, 9.17) is 9.05 Å². The molecule has 3 unspecified atom stereocenters. The number of phosphoric acid groups is 1. The van der Waals surface area contributed by atoms with Crippen LogP contribution in [0.2, 0.25) is 0 Å². The smallest absolute Gasteiger partial charge is 0.268 e. The summed E-state index contributed by atoms with van der Waals surface area (Å²) in [5.41, 5.74) is 0. The Bertz CT molecular complexity index is 2000. The van der Waals surface area contributed by atoms with E-state index in [1.54, 1.807) is 6.08 Å². The first-order valence-electron chi connectivity index (χ1n) is 32.6. The van der Waals surface area contributed by atoms with Crippen LogP contribution in [0.3, 0.4) is 0 Å². The average molecular weight is 1170 g/mol. The zero-order chi connectivity index (χ0) is 60.5. The van der Waals surface area contributed by atoms with Crippen LogP contribution in [0.1, 0.15) is 226 Å². The Balaban J connectivity index is 4.28. The van der Waals surface area contributed by atoms with Gasteiger partial charge in [0.25, 0.3) is 7.82 Å². The van der Waals surface area contributed by atoms with Crippen LogP contribution in [0.15, 0.2) is 182 Å². The van der Waals surface area contributed by atoms with Gasteiger partial charge in [0.1, 0.15) is 13.2 Å². The fourth-order valence-corrected chi connectivity index (χ4v) is 9.01. The number of hydrogen-bond donors (Lipinski definition) is 2. The van der Waals surface area contributed by atoms with Gasteiger partial charge in [-0.15, -0.1) is 0 Å². The highest BCUT2D eigenvalue weighted by Gasteiger charge is 2.23. The second-order valence-electron chi connectivity index (χ2n) is 22.4. The predicted molar refractivity (Wildman–Crippen MR) is 361 cm³/mol. The molecule has 1 amide bonds. The molecule has 0 rings (SSSR count). The van der Waals surface area contributed by atoms with Crippen LogP contribution in [0.25, 0.3) is 0 Å². The molecule has 0 aliphatic carbocycles. The number of nitrogens with zero attached hydrogens (tertiary/aromatic N) is 1. The van der Waals surface area contributed by atoms with E-state index in [-0.39, 0.29) is 18.9 Å². The number of allylic oxidation sites excluding steroid dienone is 29. The number of aliphatic hydroxyl groups is 1. The number of carbonyl (C=O) groups is 1. The lowest BCUT2D eigenvalue weighted by atomic mass is 10.1. The van der Waals surface area contributed by atoms with Gasteiger partial charge in [-0.1, -0.05) is 267 Å². The fourth-order valence-electron chi connectivity index (χ4n) is 8.28. The van der Waals surface area contributed by atoms with Crippen molar-refractivity contribution in [2.24, 2.45) is 0 Å². The number of aliphatic hydroxyl groups excluding tert-OH is 1. The van der Waals surface area contributed by atoms with Crippen molar-refractivity contribution in [1.82, 2.24) is 5.32 Å². The second kappa shape index (κ2) is 62.1. The SMILES string of the molecule is CC/C=C\C/C=C\C/C=C\C/C=C\C/C=C\C/C=C\C/C=C\C/C=C\C/C=C\C/C=C\C/C=C\C/C=C\CCCCCCC(=O)NC(COP(=O)([O-])OCC[N+](C)(C)C)C(O)/C=C/CC/C=C/CC/C=C/CCCCCCCCCCCC. The first-order chi connectivity index (χ1) is 40.5. The maximum Gasteiger partial charge on any atom is 0.268 e. The number of quaternary nitrogens is 1. The number of phosphoric ester groups is 1. The monoisotopic (exact) mass is 1160 g/mol. The van der Waals surface area contributed by atoms with Crippen LogP contribution in [-0.2, 0) is 18.4 Å². The number of hydrogen-bond acceptors (Lipinski definition) is 6. The molecule has 0 aromatic heterocycles. The van der Waals surface area contributed by atoms with Crippen molar-refractivity contribution in [2.45, 2.75) is 238 Å². The molecule has 3 atom stereocenters. The standard InChI is InChI=1S/C74H121N2O6P/c1-6-8-10-12-14-16-18-20-22-24-26-28-29-30-31-32-33-34-35-36-37-38-39-40-41-42-43-44-45-46-47-48-50-52-54-56-58-60-62-64-66-68-74(78)75-72(71-82-83(79,80)81-70-69-76(3,4)5)73(77)67-65-63-61-59-57-55-53-51-49-27-25-23-21-19-17-15-13-11-9-7-2/h8,10,14,16,20,22,26,28,30-31,33-34,36-37,39-40,42-43,45-46,48-51,54,56-57,59,65,67,72-73,77H,6-7,9,11-13,15,17-19,21,23-25,27,29,32,35,38,41,44,47,52-53,55,58,60-64,66,68-71H2,1-5H3,(H-,75,78,79,80)/b10-8-,16-14-,22-20-,28-26-,31-30-,34-33-,37-36-,40-39-,43-42-,46-45-,50-48-,51-49+,56-54-,59-57+,67-65+. The van der Waals surface area contributed by atoms with Gasteiger partial charge in [0.05, 0.1) is 39.9 Å². The molecule has 0 aromatic rings. The molecule has 0 saturated carbocycles. The van der Waals surface area contributed by atoms with Gasteiger partial charge in [-0.05, 0) is 135 Å². The first kappa shape index (κ1) is 78.6. The molecule has 0 aliphatic heterocycles. The maximum atomic E-state index is 13.0. The highest BCUT2D eigenvalue weighted by Crippen LogP contribution is 2.38. The molecule has 468 valence electrons. The van der Waals surface area contributed by atoms with E-state index in [0.717, 1.165) is 122 Å². The summed E-state index contributed by atoms with van der Waals surface area (Å²) in [4.78, 5) is 25.5. The third-order valence-corrected chi connectivity index (χ3v) is 14.3.